The van der Waals surface area contributed by atoms with Crippen LogP contribution >= 0.6 is 0 Å². The van der Waals surface area contributed by atoms with E-state index in [0.717, 1.165) is 35.4 Å². The van der Waals surface area contributed by atoms with Crippen molar-refractivity contribution in [2.24, 2.45) is 13.0 Å². The van der Waals surface area contributed by atoms with E-state index in [0.29, 0.717) is 38.2 Å². The SMILES string of the molecule is Cn1nc(C(=O)NC2CCCC2)c2c1CCN(C(=O)[C@H]1COc3ccccc3C1)C2. The molecule has 3 heterocycles. The number of carbonyl (C=O) groups is 2. The van der Waals surface area contributed by atoms with Gasteiger partial charge in [0.15, 0.2) is 5.69 Å². The minimum Gasteiger partial charge on any atom is -0.492 e. The smallest absolute Gasteiger partial charge is 0.272 e. The molecular weight excluding hydrogens is 380 g/mol. The highest BCUT2D eigenvalue weighted by molar-refractivity contribution is 5.94. The Bertz CT molecular complexity index is 977. The van der Waals surface area contributed by atoms with E-state index in [1.165, 1.54) is 12.8 Å². The van der Waals surface area contributed by atoms with Crippen molar-refractivity contribution in [1.29, 1.82) is 0 Å². The van der Waals surface area contributed by atoms with Gasteiger partial charge in [0.25, 0.3) is 5.91 Å². The molecule has 2 aromatic rings. The van der Waals surface area contributed by atoms with Gasteiger partial charge in [0.2, 0.25) is 5.91 Å². The Morgan fingerprint density at radius 3 is 2.83 bits per heavy atom. The minimum atomic E-state index is -0.186. The van der Waals surface area contributed by atoms with Gasteiger partial charge in [0.1, 0.15) is 12.4 Å². The summed E-state index contributed by atoms with van der Waals surface area (Å²) >= 11 is 0. The largest absolute Gasteiger partial charge is 0.492 e. The lowest BCUT2D eigenvalue weighted by Gasteiger charge is -2.33. The van der Waals surface area contributed by atoms with Crippen LogP contribution in [0.2, 0.25) is 0 Å². The van der Waals surface area contributed by atoms with Crippen LogP contribution in [0.25, 0.3) is 0 Å². The number of hydrogen-bond acceptors (Lipinski definition) is 4. The molecule has 1 aromatic carbocycles. The maximum absolute atomic E-state index is 13.3. The fourth-order valence-electron chi connectivity index (χ4n) is 5.03. The molecule has 2 amide bonds. The van der Waals surface area contributed by atoms with Crippen LogP contribution in [0, 0.1) is 5.92 Å². The third-order valence-corrected chi connectivity index (χ3v) is 6.69. The summed E-state index contributed by atoms with van der Waals surface area (Å²) < 4.78 is 7.64. The van der Waals surface area contributed by atoms with Gasteiger partial charge in [0, 0.05) is 43.9 Å². The van der Waals surface area contributed by atoms with Gasteiger partial charge in [-0.1, -0.05) is 31.0 Å². The Labute approximate surface area is 176 Å². The van der Waals surface area contributed by atoms with Crippen molar-refractivity contribution < 1.29 is 14.3 Å². The van der Waals surface area contributed by atoms with Crippen LogP contribution < -0.4 is 10.1 Å². The fourth-order valence-corrected chi connectivity index (χ4v) is 5.03. The Kier molecular flexibility index (Phi) is 4.97. The van der Waals surface area contributed by atoms with Gasteiger partial charge in [-0.15, -0.1) is 0 Å². The summed E-state index contributed by atoms with van der Waals surface area (Å²) in [5.41, 5.74) is 3.51. The predicted molar refractivity (Wildman–Crippen MR) is 111 cm³/mol. The highest BCUT2D eigenvalue weighted by atomic mass is 16.5. The summed E-state index contributed by atoms with van der Waals surface area (Å²) in [6.45, 7) is 1.49. The number of carbonyl (C=O) groups excluding carboxylic acids is 2. The van der Waals surface area contributed by atoms with Crippen molar-refractivity contribution in [3.8, 4) is 5.75 Å². The van der Waals surface area contributed by atoms with Crippen molar-refractivity contribution in [3.05, 3.63) is 46.8 Å². The Morgan fingerprint density at radius 1 is 1.20 bits per heavy atom. The van der Waals surface area contributed by atoms with Crippen LogP contribution in [0.5, 0.6) is 5.75 Å². The summed E-state index contributed by atoms with van der Waals surface area (Å²) in [5.74, 6) is 0.679. The molecule has 7 nitrogen and oxygen atoms in total. The molecule has 3 aliphatic rings. The van der Waals surface area contributed by atoms with Gasteiger partial charge in [-0.2, -0.15) is 5.10 Å². The van der Waals surface area contributed by atoms with Crippen LogP contribution in [0.15, 0.2) is 24.3 Å². The molecule has 0 bridgehead atoms. The fraction of sp³-hybridized carbons (Fsp3) is 0.522. The highest BCUT2D eigenvalue weighted by Gasteiger charge is 2.34. The molecule has 1 fully saturated rings. The number of benzene rings is 1. The number of fused-ring (bicyclic) bond motifs is 2. The summed E-state index contributed by atoms with van der Waals surface area (Å²) in [4.78, 5) is 28.0. The van der Waals surface area contributed by atoms with Gasteiger partial charge in [-0.05, 0) is 30.9 Å². The number of hydrogen-bond donors (Lipinski definition) is 1. The molecule has 1 N–H and O–H groups in total. The van der Waals surface area contributed by atoms with Gasteiger partial charge in [0.05, 0.1) is 5.92 Å². The van der Waals surface area contributed by atoms with Crippen molar-refractivity contribution in [3.63, 3.8) is 0 Å². The number of ether oxygens (including phenoxy) is 1. The predicted octanol–water partition coefficient (Wildman–Crippen LogP) is 2.23. The van der Waals surface area contributed by atoms with Gasteiger partial charge in [-0.3, -0.25) is 14.3 Å². The van der Waals surface area contributed by atoms with E-state index in [4.69, 9.17) is 4.74 Å². The number of para-hydroxylation sites is 1. The molecule has 30 heavy (non-hydrogen) atoms. The molecule has 0 spiro atoms. The molecule has 7 heteroatoms. The van der Waals surface area contributed by atoms with Crippen LogP contribution in [0.3, 0.4) is 0 Å². The Balaban J connectivity index is 1.32. The average Bonchev–Trinajstić information content (AvgIpc) is 3.40. The zero-order chi connectivity index (χ0) is 20.7. The Hall–Kier alpha value is -2.83. The first-order valence-electron chi connectivity index (χ1n) is 10.9. The normalized spacial score (nSPS) is 21.0. The van der Waals surface area contributed by atoms with Gasteiger partial charge >= 0.3 is 0 Å². The zero-order valence-corrected chi connectivity index (χ0v) is 17.4. The van der Waals surface area contributed by atoms with Crippen molar-refractivity contribution >= 4 is 11.8 Å². The average molecular weight is 409 g/mol. The summed E-state index contributed by atoms with van der Waals surface area (Å²) in [6.07, 6.45) is 5.81. The van der Waals surface area contributed by atoms with E-state index in [1.807, 2.05) is 36.2 Å². The van der Waals surface area contributed by atoms with Gasteiger partial charge in [-0.25, -0.2) is 0 Å². The molecule has 1 atom stereocenters. The third kappa shape index (κ3) is 3.46. The lowest BCUT2D eigenvalue weighted by atomic mass is 9.94. The highest BCUT2D eigenvalue weighted by Crippen LogP contribution is 2.30. The van der Waals surface area contributed by atoms with Crippen LogP contribution in [0.4, 0.5) is 0 Å². The zero-order valence-electron chi connectivity index (χ0n) is 17.4. The topological polar surface area (TPSA) is 76.5 Å². The van der Waals surface area contributed by atoms with E-state index in [1.54, 1.807) is 4.68 Å². The lowest BCUT2D eigenvalue weighted by molar-refractivity contribution is -0.137. The maximum Gasteiger partial charge on any atom is 0.272 e. The molecule has 1 aliphatic carbocycles. The molecular formula is C23H28N4O3. The summed E-state index contributed by atoms with van der Waals surface area (Å²) in [7, 11) is 1.88. The first kappa shape index (κ1) is 19.2. The molecule has 5 rings (SSSR count). The monoisotopic (exact) mass is 408 g/mol. The van der Waals surface area contributed by atoms with E-state index < -0.39 is 0 Å². The van der Waals surface area contributed by atoms with E-state index in [2.05, 4.69) is 10.4 Å². The van der Waals surface area contributed by atoms with E-state index >= 15 is 0 Å². The minimum absolute atomic E-state index is 0.0983. The van der Waals surface area contributed by atoms with Crippen molar-refractivity contribution in [1.82, 2.24) is 20.0 Å². The molecule has 158 valence electrons. The molecule has 2 aliphatic heterocycles. The number of aromatic nitrogens is 2. The van der Waals surface area contributed by atoms with Gasteiger partial charge < -0.3 is 15.0 Å². The number of rotatable bonds is 3. The number of aryl methyl sites for hydroxylation is 1. The first-order chi connectivity index (χ1) is 14.6. The number of nitrogens with zero attached hydrogens (tertiary/aromatic N) is 3. The van der Waals surface area contributed by atoms with E-state index in [-0.39, 0.29) is 23.8 Å². The molecule has 1 saturated carbocycles. The number of nitrogens with one attached hydrogen (secondary N) is 1. The molecule has 0 radical (unpaired) electrons. The standard InChI is InChI=1S/C23H28N4O3/c1-26-19-10-11-27(23(29)16-12-15-6-2-5-9-20(15)30-14-16)13-18(19)21(25-26)22(28)24-17-7-3-4-8-17/h2,5-6,9,16-17H,3-4,7-8,10-14H2,1H3,(H,24,28)/t16-/m1/s1. The second-order valence-electron chi connectivity index (χ2n) is 8.68. The molecule has 1 aromatic heterocycles. The molecule has 0 saturated heterocycles. The lowest BCUT2D eigenvalue weighted by Crippen LogP contribution is -2.43. The van der Waals surface area contributed by atoms with E-state index in [9.17, 15) is 9.59 Å². The maximum atomic E-state index is 13.3. The van der Waals surface area contributed by atoms with Crippen molar-refractivity contribution in [2.45, 2.75) is 51.1 Å². The molecule has 0 unspecified atom stereocenters. The van der Waals surface area contributed by atoms with Crippen molar-refractivity contribution in [2.75, 3.05) is 13.2 Å². The second-order valence-corrected chi connectivity index (χ2v) is 8.68. The quantitative estimate of drug-likeness (QED) is 0.845. The third-order valence-electron chi connectivity index (χ3n) is 6.69. The number of amides is 2. The van der Waals surface area contributed by atoms with Crippen LogP contribution in [-0.4, -0.2) is 45.7 Å². The first-order valence-corrected chi connectivity index (χ1v) is 10.9. The summed E-state index contributed by atoms with van der Waals surface area (Å²) in [5, 5.41) is 7.65. The Morgan fingerprint density at radius 2 is 2.00 bits per heavy atom. The summed E-state index contributed by atoms with van der Waals surface area (Å²) in [6, 6.07) is 8.15. The van der Waals surface area contributed by atoms with Crippen LogP contribution in [0.1, 0.15) is 53.0 Å². The van der Waals surface area contributed by atoms with Crippen LogP contribution in [-0.2, 0) is 31.2 Å². The second kappa shape index (κ2) is 7.78.